The van der Waals surface area contributed by atoms with Crippen LogP contribution in [0.4, 0.5) is 21.9 Å². The molecule has 2 aromatic rings. The molecule has 2 heterocycles. The highest BCUT2D eigenvalue weighted by Gasteiger charge is 2.29. The number of amides is 2. The predicted octanol–water partition coefficient (Wildman–Crippen LogP) is 2.56. The van der Waals surface area contributed by atoms with E-state index in [0.717, 1.165) is 44.1 Å². The number of hydrogen-bond acceptors (Lipinski definition) is 5. The van der Waals surface area contributed by atoms with Crippen molar-refractivity contribution < 1.29 is 20.1 Å². The number of phenolic OH excluding ortho intramolecular Hbond substituents is 1. The number of rotatable bonds is 7. The van der Waals surface area contributed by atoms with Crippen LogP contribution in [0.1, 0.15) is 13.8 Å². The molecule has 8 nitrogen and oxygen atoms in total. The molecule has 2 aromatic carbocycles. The third-order valence-electron chi connectivity index (χ3n) is 5.93. The van der Waals surface area contributed by atoms with Crippen molar-refractivity contribution in [2.75, 3.05) is 67.1 Å². The Morgan fingerprint density at radius 1 is 0.812 bits per heavy atom. The molecule has 174 valence electrons. The van der Waals surface area contributed by atoms with Crippen LogP contribution in [0.2, 0.25) is 0 Å². The van der Waals surface area contributed by atoms with E-state index in [1.54, 1.807) is 12.1 Å². The zero-order chi connectivity index (χ0) is 21.8. The van der Waals surface area contributed by atoms with E-state index in [2.05, 4.69) is 21.9 Å². The summed E-state index contributed by atoms with van der Waals surface area (Å²) < 4.78 is 5.58. The number of ether oxygens (including phenoxy) is 1. The Bertz CT molecular complexity index is 865. The molecular weight excluding hydrogens is 408 g/mol. The van der Waals surface area contributed by atoms with Crippen LogP contribution in [0.15, 0.2) is 48.5 Å². The third kappa shape index (κ3) is 5.44. The second-order valence-electron chi connectivity index (χ2n) is 8.35. The number of urea groups is 1. The summed E-state index contributed by atoms with van der Waals surface area (Å²) in [5.74, 6) is 0.297. The van der Waals surface area contributed by atoms with Crippen molar-refractivity contribution in [1.82, 2.24) is 4.90 Å². The van der Waals surface area contributed by atoms with Crippen LogP contribution in [-0.4, -0.2) is 80.0 Å². The Morgan fingerprint density at radius 2 is 1.31 bits per heavy atom. The molecule has 0 aliphatic carbocycles. The smallest absolute Gasteiger partial charge is 0.324 e. The number of benzene rings is 2. The first kappa shape index (κ1) is 23.7. The van der Waals surface area contributed by atoms with Crippen LogP contribution in [0.3, 0.4) is 0 Å². The molecule has 2 fully saturated rings. The van der Waals surface area contributed by atoms with E-state index in [4.69, 9.17) is 4.74 Å². The molecule has 0 radical (unpaired) electrons. The minimum Gasteiger partial charge on any atom is -0.508 e. The van der Waals surface area contributed by atoms with E-state index in [9.17, 15) is 9.90 Å². The highest BCUT2D eigenvalue weighted by Crippen LogP contribution is 2.26. The zero-order valence-electron chi connectivity index (χ0n) is 18.9. The number of carbonyl (C=O) groups excluding carboxylic acids is 1. The van der Waals surface area contributed by atoms with Gasteiger partial charge >= 0.3 is 6.03 Å². The number of piperazine rings is 1. The zero-order valence-corrected chi connectivity index (χ0v) is 18.9. The molecule has 0 aromatic heterocycles. The topological polar surface area (TPSA) is 91.0 Å². The van der Waals surface area contributed by atoms with E-state index in [0.29, 0.717) is 25.4 Å². The second-order valence-corrected chi connectivity index (χ2v) is 8.35. The lowest BCUT2D eigenvalue weighted by Crippen LogP contribution is -2.46. The lowest BCUT2D eigenvalue weighted by molar-refractivity contribution is 0.0679. The van der Waals surface area contributed by atoms with Crippen molar-refractivity contribution >= 4 is 23.1 Å². The molecule has 2 aliphatic heterocycles. The van der Waals surface area contributed by atoms with Gasteiger partial charge in [-0.25, -0.2) is 4.79 Å². The fourth-order valence-electron chi connectivity index (χ4n) is 4.16. The Kier molecular flexibility index (Phi) is 7.82. The van der Waals surface area contributed by atoms with Gasteiger partial charge in [-0.15, -0.1) is 0 Å². The number of hydrogen-bond donors (Lipinski definition) is 1. The van der Waals surface area contributed by atoms with Crippen LogP contribution < -0.4 is 14.7 Å². The average Bonchev–Trinajstić information content (AvgIpc) is 3.15. The van der Waals surface area contributed by atoms with Gasteiger partial charge in [-0.2, -0.15) is 0 Å². The molecule has 3 N–H and O–H groups in total. The van der Waals surface area contributed by atoms with Crippen LogP contribution >= 0.6 is 0 Å². The van der Waals surface area contributed by atoms with Gasteiger partial charge in [-0.3, -0.25) is 4.90 Å². The van der Waals surface area contributed by atoms with E-state index in [-0.39, 0.29) is 17.6 Å². The third-order valence-corrected chi connectivity index (χ3v) is 5.93. The maximum atomic E-state index is 12.7. The van der Waals surface area contributed by atoms with E-state index >= 15 is 0 Å². The van der Waals surface area contributed by atoms with Crippen molar-refractivity contribution in [2.24, 2.45) is 0 Å². The number of phenols is 1. The number of nitrogens with zero attached hydrogens (tertiary/aromatic N) is 4. The molecule has 0 saturated carbocycles. The van der Waals surface area contributed by atoms with Gasteiger partial charge in [0.05, 0.1) is 12.7 Å². The molecule has 32 heavy (non-hydrogen) atoms. The van der Waals surface area contributed by atoms with Gasteiger partial charge in [0.15, 0.2) is 0 Å². The highest BCUT2D eigenvalue weighted by molar-refractivity contribution is 5.94. The Labute approximate surface area is 189 Å². The normalized spacial score (nSPS) is 16.7. The van der Waals surface area contributed by atoms with Crippen LogP contribution in [0, 0.1) is 0 Å². The summed E-state index contributed by atoms with van der Waals surface area (Å²) in [7, 11) is 0. The minimum absolute atomic E-state index is 0. The molecule has 2 saturated heterocycles. The number of anilines is 3. The van der Waals surface area contributed by atoms with Gasteiger partial charge in [0.1, 0.15) is 5.75 Å². The van der Waals surface area contributed by atoms with E-state index in [1.807, 2.05) is 47.9 Å². The summed E-state index contributed by atoms with van der Waals surface area (Å²) in [5.41, 5.74) is 3.27. The second kappa shape index (κ2) is 10.6. The standard InChI is InChI=1S/C24H32N4O3.H2O/c1-19(2)31-18-17-27-15-16-28(24(27)30)22-5-3-20(4-6-22)25-11-13-26(14-12-25)21-7-9-23(29)10-8-21;/h3-10,19,29H,11-18H2,1-2H3;1H2. The van der Waals surface area contributed by atoms with Crippen molar-refractivity contribution in [1.29, 1.82) is 0 Å². The number of carbonyl (C=O) groups is 1. The summed E-state index contributed by atoms with van der Waals surface area (Å²) in [6.45, 7) is 10.4. The van der Waals surface area contributed by atoms with Gasteiger partial charge in [-0.05, 0) is 62.4 Å². The van der Waals surface area contributed by atoms with Crippen LogP contribution in [-0.2, 0) is 4.74 Å². The van der Waals surface area contributed by atoms with E-state index < -0.39 is 0 Å². The lowest BCUT2D eigenvalue weighted by atomic mass is 10.2. The van der Waals surface area contributed by atoms with E-state index in [1.165, 1.54) is 5.69 Å². The van der Waals surface area contributed by atoms with Gasteiger partial charge in [0.25, 0.3) is 0 Å². The lowest BCUT2D eigenvalue weighted by Gasteiger charge is -2.37. The molecule has 2 aliphatic rings. The molecule has 0 atom stereocenters. The first-order chi connectivity index (χ1) is 15.0. The van der Waals surface area contributed by atoms with Crippen molar-refractivity contribution in [3.05, 3.63) is 48.5 Å². The van der Waals surface area contributed by atoms with Crippen LogP contribution in [0.25, 0.3) is 0 Å². The summed E-state index contributed by atoms with van der Waals surface area (Å²) in [4.78, 5) is 21.1. The maximum absolute atomic E-state index is 12.7. The van der Waals surface area contributed by atoms with Gasteiger partial charge in [0.2, 0.25) is 0 Å². The maximum Gasteiger partial charge on any atom is 0.324 e. The molecule has 2 amide bonds. The summed E-state index contributed by atoms with van der Waals surface area (Å²) in [5, 5.41) is 9.48. The molecular formula is C24H34N4O4. The average molecular weight is 443 g/mol. The Hall–Kier alpha value is -2.97. The quantitative estimate of drug-likeness (QED) is 0.712. The summed E-state index contributed by atoms with van der Waals surface area (Å²) >= 11 is 0. The largest absolute Gasteiger partial charge is 0.508 e. The molecule has 0 spiro atoms. The van der Waals surface area contributed by atoms with Crippen molar-refractivity contribution in [3.63, 3.8) is 0 Å². The van der Waals surface area contributed by atoms with Gasteiger partial charge in [-0.1, -0.05) is 0 Å². The molecule has 4 rings (SSSR count). The SMILES string of the molecule is CC(C)OCCN1CCN(c2ccc(N3CCN(c4ccc(O)cc4)CC3)cc2)C1=O.O. The fraction of sp³-hybridized carbons (Fsp3) is 0.458. The Balaban J connectivity index is 0.00000289. The first-order valence-electron chi connectivity index (χ1n) is 11.1. The molecule has 0 bridgehead atoms. The van der Waals surface area contributed by atoms with Crippen molar-refractivity contribution in [3.8, 4) is 5.75 Å². The highest BCUT2D eigenvalue weighted by atomic mass is 16.5. The monoisotopic (exact) mass is 442 g/mol. The Morgan fingerprint density at radius 3 is 1.84 bits per heavy atom. The molecule has 8 heteroatoms. The van der Waals surface area contributed by atoms with Gasteiger partial charge < -0.3 is 30.0 Å². The first-order valence-corrected chi connectivity index (χ1v) is 11.1. The minimum atomic E-state index is 0. The predicted molar refractivity (Wildman–Crippen MR) is 128 cm³/mol. The molecule has 0 unspecified atom stereocenters. The van der Waals surface area contributed by atoms with Gasteiger partial charge in [0, 0.05) is 62.9 Å². The number of aromatic hydroxyl groups is 1. The van der Waals surface area contributed by atoms with Crippen LogP contribution in [0.5, 0.6) is 5.75 Å². The summed E-state index contributed by atoms with van der Waals surface area (Å²) in [6.07, 6.45) is 0.185. The fourth-order valence-corrected chi connectivity index (χ4v) is 4.16. The summed E-state index contributed by atoms with van der Waals surface area (Å²) in [6, 6.07) is 15.8. The van der Waals surface area contributed by atoms with Crippen molar-refractivity contribution in [2.45, 2.75) is 20.0 Å².